The van der Waals surface area contributed by atoms with E-state index in [1.807, 2.05) is 56.9 Å². The van der Waals surface area contributed by atoms with Gasteiger partial charge in [0.05, 0.1) is 22.1 Å². The molecular weight excluding hydrogens is 677 g/mol. The number of fused-ring (bicyclic) bond motifs is 4. The molecule has 18 heteroatoms. The fourth-order valence-corrected chi connectivity index (χ4v) is 6.29. The first kappa shape index (κ1) is 34.9. The number of aromatic nitrogens is 8. The summed E-state index contributed by atoms with van der Waals surface area (Å²) in [4.78, 5) is 73.8. The fraction of sp³-hybridized carbons (Fsp3) is 0.375. The maximum atomic E-state index is 12.8. The molecule has 0 atom stereocenters. The number of halogens is 3. The molecule has 2 aromatic carbocycles. The SMILES string of the molecule is Cc1cc2nc3c(=O)[nH]c(=O)nc-3n(CCN(CCCNSC(F)(F)F)CCn3c4nc(=O)[nH]c(=O)c-4nc4cc(C)c(C)cc43)c2cc1C. The van der Waals surface area contributed by atoms with Gasteiger partial charge in [0.2, 0.25) is 0 Å². The van der Waals surface area contributed by atoms with Crippen molar-refractivity contribution in [2.24, 2.45) is 0 Å². The van der Waals surface area contributed by atoms with Crippen LogP contribution in [0.2, 0.25) is 0 Å². The van der Waals surface area contributed by atoms with Crippen LogP contribution in [0.1, 0.15) is 28.7 Å². The number of rotatable bonds is 11. The van der Waals surface area contributed by atoms with Crippen LogP contribution in [0.15, 0.2) is 43.4 Å². The molecule has 50 heavy (non-hydrogen) atoms. The summed E-state index contributed by atoms with van der Waals surface area (Å²) in [7, 11) is 0. The molecule has 14 nitrogen and oxygen atoms in total. The van der Waals surface area contributed by atoms with E-state index >= 15 is 0 Å². The van der Waals surface area contributed by atoms with Crippen molar-refractivity contribution in [2.45, 2.75) is 52.7 Å². The Morgan fingerprint density at radius 3 is 1.58 bits per heavy atom. The Balaban J connectivity index is 1.37. The number of hydrogen-bond acceptors (Lipinski definition) is 11. The van der Waals surface area contributed by atoms with Crippen LogP contribution < -0.4 is 27.2 Å². The molecule has 0 saturated carbocycles. The predicted molar refractivity (Wildman–Crippen MR) is 184 cm³/mol. The summed E-state index contributed by atoms with van der Waals surface area (Å²) in [5.74, 6) is 0.214. The lowest BCUT2D eigenvalue weighted by Crippen LogP contribution is -2.35. The summed E-state index contributed by atoms with van der Waals surface area (Å²) < 4.78 is 44.1. The predicted octanol–water partition coefficient (Wildman–Crippen LogP) is 2.87. The van der Waals surface area contributed by atoms with Crippen LogP contribution in [0.25, 0.3) is 45.1 Å². The standard InChI is InChI=1S/C32H33F3N10O4S/c1-16-12-20-22(14-18(16)3)44(26-24(37-20)28(46)41-30(48)39-26)10-8-43(7-5-6-36-50-32(33,34)35)9-11-45-23-15-19(4)17(2)13-21(23)38-25-27(45)40-31(49)42-29(25)47/h12-15,36H,5-11H2,1-4H3,(H,41,46,48)(H,42,47,49). The molecule has 3 N–H and O–H groups in total. The molecule has 0 fully saturated rings. The van der Waals surface area contributed by atoms with Gasteiger partial charge in [0.1, 0.15) is 0 Å². The van der Waals surface area contributed by atoms with Crippen LogP contribution >= 0.6 is 11.9 Å². The first-order valence-corrected chi connectivity index (χ1v) is 16.5. The van der Waals surface area contributed by atoms with Crippen molar-refractivity contribution in [1.82, 2.24) is 48.7 Å². The molecular formula is C32H33F3N10O4S. The average molecular weight is 711 g/mol. The molecule has 262 valence electrons. The summed E-state index contributed by atoms with van der Waals surface area (Å²) in [5, 5.41) is 0. The van der Waals surface area contributed by atoms with Gasteiger partial charge in [-0.1, -0.05) is 0 Å². The minimum atomic E-state index is -4.43. The third-order valence-electron chi connectivity index (χ3n) is 8.67. The molecule has 0 amide bonds. The van der Waals surface area contributed by atoms with Gasteiger partial charge in [-0.2, -0.15) is 23.1 Å². The quantitative estimate of drug-likeness (QED) is 0.102. The fourth-order valence-electron chi connectivity index (χ4n) is 5.88. The molecule has 0 radical (unpaired) electrons. The molecule has 0 unspecified atom stereocenters. The Bertz CT molecular complexity index is 2260. The highest BCUT2D eigenvalue weighted by molar-refractivity contribution is 7.98. The van der Waals surface area contributed by atoms with Crippen molar-refractivity contribution in [3.05, 3.63) is 88.2 Å². The van der Waals surface area contributed by atoms with E-state index in [0.29, 0.717) is 48.1 Å². The van der Waals surface area contributed by atoms with Crippen LogP contribution in [-0.2, 0) is 13.1 Å². The zero-order valence-corrected chi connectivity index (χ0v) is 28.4. The highest BCUT2D eigenvalue weighted by atomic mass is 32.2. The van der Waals surface area contributed by atoms with Crippen molar-refractivity contribution in [3.8, 4) is 23.0 Å². The van der Waals surface area contributed by atoms with Crippen molar-refractivity contribution in [1.29, 1.82) is 0 Å². The summed E-state index contributed by atoms with van der Waals surface area (Å²) >= 11 is -0.310. The first-order chi connectivity index (χ1) is 23.7. The Morgan fingerprint density at radius 2 is 1.14 bits per heavy atom. The van der Waals surface area contributed by atoms with E-state index in [2.05, 4.69) is 34.6 Å². The molecule has 4 aliphatic rings. The molecule has 2 aromatic rings. The van der Waals surface area contributed by atoms with Gasteiger partial charge < -0.3 is 9.13 Å². The number of alkyl halides is 3. The van der Waals surface area contributed by atoms with Gasteiger partial charge in [0, 0.05) is 44.7 Å². The van der Waals surface area contributed by atoms with Gasteiger partial charge in [-0.15, -0.1) is 0 Å². The average Bonchev–Trinajstić information content (AvgIpc) is 3.02. The van der Waals surface area contributed by atoms with Gasteiger partial charge in [-0.3, -0.25) is 29.2 Å². The largest absolute Gasteiger partial charge is 0.456 e. The lowest BCUT2D eigenvalue weighted by molar-refractivity contribution is -0.0335. The summed E-state index contributed by atoms with van der Waals surface area (Å²) in [5.41, 5.74) is -1.18. The van der Waals surface area contributed by atoms with Gasteiger partial charge in [0.25, 0.3) is 11.1 Å². The van der Waals surface area contributed by atoms with Gasteiger partial charge in [-0.25, -0.2) is 19.6 Å². The van der Waals surface area contributed by atoms with E-state index in [0.717, 1.165) is 22.3 Å². The number of hydrogen-bond donors (Lipinski definition) is 3. The maximum absolute atomic E-state index is 12.8. The van der Waals surface area contributed by atoms with E-state index in [9.17, 15) is 32.3 Å². The molecule has 0 bridgehead atoms. The second kappa shape index (κ2) is 13.8. The number of nitrogens with zero attached hydrogens (tertiary/aromatic N) is 7. The van der Waals surface area contributed by atoms with Crippen LogP contribution in [-0.4, -0.2) is 75.6 Å². The Morgan fingerprint density at radius 1 is 0.700 bits per heavy atom. The molecule has 0 saturated heterocycles. The molecule has 0 aliphatic carbocycles. The van der Waals surface area contributed by atoms with Crippen molar-refractivity contribution in [3.63, 3.8) is 0 Å². The van der Waals surface area contributed by atoms with Crippen LogP contribution in [0, 0.1) is 27.7 Å². The van der Waals surface area contributed by atoms with E-state index in [-0.39, 0.29) is 54.6 Å². The van der Waals surface area contributed by atoms with Gasteiger partial charge in [0.15, 0.2) is 23.0 Å². The molecule has 4 aliphatic heterocycles. The summed E-state index contributed by atoms with van der Waals surface area (Å²) in [6.45, 7) is 9.25. The topological polar surface area (TPSA) is 177 Å². The van der Waals surface area contributed by atoms with E-state index < -0.39 is 28.0 Å². The number of H-pyrrole nitrogens is 2. The number of benzene rings is 2. The third-order valence-corrected chi connectivity index (χ3v) is 9.25. The zero-order valence-electron chi connectivity index (χ0n) is 27.6. The Kier molecular flexibility index (Phi) is 9.60. The third kappa shape index (κ3) is 7.31. The summed E-state index contributed by atoms with van der Waals surface area (Å²) in [6.07, 6.45) is 0.343. The van der Waals surface area contributed by atoms with Crippen molar-refractivity contribution < 1.29 is 13.2 Å². The normalized spacial score (nSPS) is 12.3. The van der Waals surface area contributed by atoms with Crippen molar-refractivity contribution >= 4 is 34.0 Å². The summed E-state index contributed by atoms with van der Waals surface area (Å²) in [6, 6.07) is 7.52. The second-order valence-corrected chi connectivity index (χ2v) is 13.1. The Hall–Kier alpha value is -4.94. The maximum Gasteiger partial charge on any atom is 0.456 e. The molecule has 6 rings (SSSR count). The minimum absolute atomic E-state index is 0.000867. The minimum Gasteiger partial charge on any atom is -0.321 e. The second-order valence-electron chi connectivity index (χ2n) is 12.1. The lowest BCUT2D eigenvalue weighted by atomic mass is 10.1. The smallest absolute Gasteiger partial charge is 0.321 e. The van der Waals surface area contributed by atoms with Crippen molar-refractivity contribution in [2.75, 3.05) is 26.2 Å². The monoisotopic (exact) mass is 710 g/mol. The van der Waals surface area contributed by atoms with E-state index in [4.69, 9.17) is 0 Å². The van der Waals surface area contributed by atoms with E-state index in [1.54, 1.807) is 9.13 Å². The Labute approximate surface area is 285 Å². The lowest BCUT2D eigenvalue weighted by Gasteiger charge is -2.26. The number of nitrogens with one attached hydrogen (secondary N) is 3. The first-order valence-electron chi connectivity index (χ1n) is 15.7. The number of aromatic amines is 2. The zero-order chi connectivity index (χ0) is 35.9. The molecule has 4 heterocycles. The van der Waals surface area contributed by atoms with Gasteiger partial charge >= 0.3 is 16.9 Å². The van der Waals surface area contributed by atoms with Crippen LogP contribution in [0.4, 0.5) is 13.2 Å². The van der Waals surface area contributed by atoms with Gasteiger partial charge in [-0.05, 0) is 87.2 Å². The number of aryl methyl sites for hydroxylation is 4. The molecule has 0 spiro atoms. The molecule has 0 aromatic heterocycles. The highest BCUT2D eigenvalue weighted by Gasteiger charge is 2.28. The highest BCUT2D eigenvalue weighted by Crippen LogP contribution is 2.28. The van der Waals surface area contributed by atoms with E-state index in [1.165, 1.54) is 0 Å². The van der Waals surface area contributed by atoms with Crippen LogP contribution in [0.5, 0.6) is 0 Å². The van der Waals surface area contributed by atoms with Crippen LogP contribution in [0.3, 0.4) is 0 Å².